The Hall–Kier alpha value is -1.51. The zero-order valence-corrected chi connectivity index (χ0v) is 12.8. The van der Waals surface area contributed by atoms with Crippen molar-refractivity contribution >= 4 is 34.2 Å². The van der Waals surface area contributed by atoms with Gasteiger partial charge in [0, 0.05) is 5.02 Å². The smallest absolute Gasteiger partial charge is 0.129 e. The number of nitrogens with zero attached hydrogens (tertiary/aromatic N) is 2. The van der Waals surface area contributed by atoms with Gasteiger partial charge in [0.05, 0.1) is 22.6 Å². The average Bonchev–Trinajstić information content (AvgIpc) is 2.79. The van der Waals surface area contributed by atoms with Gasteiger partial charge in [0.25, 0.3) is 0 Å². The number of hydrogen-bond donors (Lipinski definition) is 0. The molecular weight excluding hydrogens is 291 g/mol. The van der Waals surface area contributed by atoms with E-state index in [2.05, 4.69) is 34.7 Å². The highest BCUT2D eigenvalue weighted by Crippen LogP contribution is 2.28. The predicted octanol–water partition coefficient (Wildman–Crippen LogP) is 5.03. The number of rotatable bonds is 2. The molecule has 4 heteroatoms. The molecule has 3 aromatic rings. The molecule has 3 rings (SSSR count). The first kappa shape index (κ1) is 13.5. The van der Waals surface area contributed by atoms with E-state index < -0.39 is 0 Å². The molecule has 0 aliphatic rings. The molecule has 0 saturated carbocycles. The summed E-state index contributed by atoms with van der Waals surface area (Å²) < 4.78 is 2.09. The van der Waals surface area contributed by atoms with Gasteiger partial charge in [-0.1, -0.05) is 23.7 Å². The van der Waals surface area contributed by atoms with Gasteiger partial charge in [0.1, 0.15) is 5.82 Å². The molecule has 1 heterocycles. The standard InChI is InChI=1S/C16H14Cl2N2/c1-10-6-7-15-13(8-10)19-16(9-17)20(15)14-5-3-4-12(18)11(14)2/h3-8H,9H2,1-2H3. The van der Waals surface area contributed by atoms with Crippen LogP contribution in [0.5, 0.6) is 0 Å². The normalized spacial score (nSPS) is 11.2. The minimum atomic E-state index is 0.361. The molecule has 0 fully saturated rings. The summed E-state index contributed by atoms with van der Waals surface area (Å²) in [5.41, 5.74) is 5.25. The Bertz CT molecular complexity index is 791. The summed E-state index contributed by atoms with van der Waals surface area (Å²) in [7, 11) is 0. The van der Waals surface area contributed by atoms with Crippen LogP contribution in [0.4, 0.5) is 0 Å². The van der Waals surface area contributed by atoms with Crippen LogP contribution in [0.1, 0.15) is 17.0 Å². The van der Waals surface area contributed by atoms with E-state index in [0.29, 0.717) is 5.88 Å². The van der Waals surface area contributed by atoms with Gasteiger partial charge in [-0.05, 0) is 49.2 Å². The van der Waals surface area contributed by atoms with Crippen molar-refractivity contribution in [1.29, 1.82) is 0 Å². The van der Waals surface area contributed by atoms with Crippen LogP contribution in [0.15, 0.2) is 36.4 Å². The molecule has 1 aromatic heterocycles. The Morgan fingerprint density at radius 1 is 1.15 bits per heavy atom. The summed E-state index contributed by atoms with van der Waals surface area (Å²) in [5.74, 6) is 1.19. The lowest BCUT2D eigenvalue weighted by Crippen LogP contribution is -2.01. The lowest BCUT2D eigenvalue weighted by Gasteiger charge is -2.12. The van der Waals surface area contributed by atoms with Crippen molar-refractivity contribution in [3.8, 4) is 5.69 Å². The lowest BCUT2D eigenvalue weighted by molar-refractivity contribution is 0.972. The van der Waals surface area contributed by atoms with Crippen molar-refractivity contribution in [2.24, 2.45) is 0 Å². The Morgan fingerprint density at radius 2 is 1.95 bits per heavy atom. The van der Waals surface area contributed by atoms with Gasteiger partial charge >= 0.3 is 0 Å². The maximum absolute atomic E-state index is 6.24. The topological polar surface area (TPSA) is 17.8 Å². The number of fused-ring (bicyclic) bond motifs is 1. The number of hydrogen-bond acceptors (Lipinski definition) is 1. The first-order chi connectivity index (χ1) is 9.61. The molecule has 0 aliphatic carbocycles. The third-order valence-corrected chi connectivity index (χ3v) is 4.13. The highest BCUT2D eigenvalue weighted by Gasteiger charge is 2.14. The summed E-state index contributed by atoms with van der Waals surface area (Å²) in [6.45, 7) is 4.07. The maximum Gasteiger partial charge on any atom is 0.129 e. The molecule has 102 valence electrons. The summed E-state index contributed by atoms with van der Waals surface area (Å²) in [5, 5.41) is 0.747. The summed E-state index contributed by atoms with van der Waals surface area (Å²) in [6, 6.07) is 12.1. The monoisotopic (exact) mass is 304 g/mol. The Kier molecular flexibility index (Phi) is 3.45. The molecule has 0 aliphatic heterocycles. The Morgan fingerprint density at radius 3 is 2.70 bits per heavy atom. The van der Waals surface area contributed by atoms with Crippen LogP contribution in [-0.2, 0) is 5.88 Å². The van der Waals surface area contributed by atoms with Gasteiger partial charge in [-0.3, -0.25) is 4.57 Å². The van der Waals surface area contributed by atoms with Gasteiger partial charge < -0.3 is 0 Å². The number of alkyl halides is 1. The first-order valence-electron chi connectivity index (χ1n) is 6.41. The van der Waals surface area contributed by atoms with Crippen molar-refractivity contribution in [3.63, 3.8) is 0 Å². The van der Waals surface area contributed by atoms with Crippen LogP contribution in [0.3, 0.4) is 0 Å². The number of imidazole rings is 1. The molecule has 0 atom stereocenters. The highest BCUT2D eigenvalue weighted by atomic mass is 35.5. The SMILES string of the molecule is Cc1ccc2c(c1)nc(CCl)n2-c1cccc(Cl)c1C. The fraction of sp³-hybridized carbons (Fsp3) is 0.188. The maximum atomic E-state index is 6.24. The molecule has 0 unspecified atom stereocenters. The van der Waals surface area contributed by atoms with E-state index in [1.165, 1.54) is 5.56 Å². The number of aryl methyl sites for hydroxylation is 1. The predicted molar refractivity (Wildman–Crippen MR) is 85.1 cm³/mol. The third-order valence-electron chi connectivity index (χ3n) is 3.48. The Labute approximate surface area is 128 Å². The first-order valence-corrected chi connectivity index (χ1v) is 7.32. The third kappa shape index (κ3) is 2.09. The summed E-state index contributed by atoms with van der Waals surface area (Å²) in [6.07, 6.45) is 0. The van der Waals surface area contributed by atoms with Gasteiger partial charge in [0.2, 0.25) is 0 Å². The zero-order chi connectivity index (χ0) is 14.3. The second-order valence-electron chi connectivity index (χ2n) is 4.87. The van der Waals surface area contributed by atoms with E-state index in [-0.39, 0.29) is 0 Å². The summed E-state index contributed by atoms with van der Waals surface area (Å²) >= 11 is 12.3. The number of benzene rings is 2. The van der Waals surface area contributed by atoms with Crippen molar-refractivity contribution in [2.75, 3.05) is 0 Å². The van der Waals surface area contributed by atoms with Crippen LogP contribution < -0.4 is 0 Å². The van der Waals surface area contributed by atoms with E-state index in [9.17, 15) is 0 Å². The largest absolute Gasteiger partial charge is 0.295 e. The van der Waals surface area contributed by atoms with Gasteiger partial charge in [-0.15, -0.1) is 11.6 Å². The zero-order valence-electron chi connectivity index (χ0n) is 11.3. The van der Waals surface area contributed by atoms with Crippen LogP contribution >= 0.6 is 23.2 Å². The number of aromatic nitrogens is 2. The fourth-order valence-corrected chi connectivity index (χ4v) is 2.79. The van der Waals surface area contributed by atoms with Gasteiger partial charge in [-0.2, -0.15) is 0 Å². The minimum absolute atomic E-state index is 0.361. The van der Waals surface area contributed by atoms with Crippen molar-refractivity contribution in [1.82, 2.24) is 9.55 Å². The molecule has 0 amide bonds. The quantitative estimate of drug-likeness (QED) is 0.607. The lowest BCUT2D eigenvalue weighted by atomic mass is 10.2. The molecule has 0 spiro atoms. The van der Waals surface area contributed by atoms with Crippen molar-refractivity contribution in [2.45, 2.75) is 19.7 Å². The van der Waals surface area contributed by atoms with Crippen LogP contribution in [0.25, 0.3) is 16.7 Å². The van der Waals surface area contributed by atoms with Crippen molar-refractivity contribution in [3.05, 3.63) is 58.4 Å². The van der Waals surface area contributed by atoms with E-state index in [0.717, 1.165) is 33.1 Å². The highest BCUT2D eigenvalue weighted by molar-refractivity contribution is 6.31. The van der Waals surface area contributed by atoms with E-state index in [1.54, 1.807) is 0 Å². The molecule has 0 saturated heterocycles. The molecular formula is C16H14Cl2N2. The average molecular weight is 305 g/mol. The second kappa shape index (κ2) is 5.12. The molecule has 0 bridgehead atoms. The molecule has 2 aromatic carbocycles. The molecule has 20 heavy (non-hydrogen) atoms. The molecule has 0 N–H and O–H groups in total. The Balaban J connectivity index is 2.37. The molecule has 0 radical (unpaired) electrons. The molecule has 2 nitrogen and oxygen atoms in total. The van der Waals surface area contributed by atoms with Crippen LogP contribution in [0.2, 0.25) is 5.02 Å². The van der Waals surface area contributed by atoms with Crippen LogP contribution in [-0.4, -0.2) is 9.55 Å². The fourth-order valence-electron chi connectivity index (χ4n) is 2.44. The second-order valence-corrected chi connectivity index (χ2v) is 5.55. The van der Waals surface area contributed by atoms with E-state index in [1.807, 2.05) is 25.1 Å². The summed E-state index contributed by atoms with van der Waals surface area (Å²) in [4.78, 5) is 4.63. The number of halogens is 2. The van der Waals surface area contributed by atoms with Crippen LogP contribution in [0, 0.1) is 13.8 Å². The van der Waals surface area contributed by atoms with Gasteiger partial charge in [0.15, 0.2) is 0 Å². The minimum Gasteiger partial charge on any atom is -0.295 e. The van der Waals surface area contributed by atoms with E-state index >= 15 is 0 Å². The van der Waals surface area contributed by atoms with Crippen molar-refractivity contribution < 1.29 is 0 Å². The van der Waals surface area contributed by atoms with Gasteiger partial charge in [-0.25, -0.2) is 4.98 Å². The van der Waals surface area contributed by atoms with E-state index in [4.69, 9.17) is 23.2 Å².